The average Bonchev–Trinajstić information content (AvgIpc) is 2.95. The molecule has 2 atom stereocenters. The molecule has 2 aliphatic rings. The monoisotopic (exact) mass is 262 g/mol. The first-order chi connectivity index (χ1) is 9.26. The summed E-state index contributed by atoms with van der Waals surface area (Å²) in [6, 6.07) is 2.30. The summed E-state index contributed by atoms with van der Waals surface area (Å²) in [7, 11) is 2.10. The SMILES string of the molecule is CCCN(Cc1cncn1C)C1CC2CCC(C1)N2. The van der Waals surface area contributed by atoms with Crippen molar-refractivity contribution in [2.45, 2.75) is 63.7 Å². The number of piperidine rings is 1. The van der Waals surface area contributed by atoms with Gasteiger partial charge in [-0.3, -0.25) is 4.90 Å². The van der Waals surface area contributed by atoms with Gasteiger partial charge in [0, 0.05) is 37.9 Å². The van der Waals surface area contributed by atoms with Crippen molar-refractivity contribution in [3.05, 3.63) is 18.2 Å². The Bertz CT molecular complexity index is 402. The van der Waals surface area contributed by atoms with Gasteiger partial charge in [0.25, 0.3) is 0 Å². The minimum Gasteiger partial charge on any atom is -0.337 e. The fourth-order valence-electron chi connectivity index (χ4n) is 3.75. The summed E-state index contributed by atoms with van der Waals surface area (Å²) in [5, 5.41) is 3.74. The van der Waals surface area contributed by atoms with Gasteiger partial charge in [-0.05, 0) is 38.6 Å². The number of nitrogens with zero attached hydrogens (tertiary/aromatic N) is 3. The first-order valence-electron chi connectivity index (χ1n) is 7.71. The van der Waals surface area contributed by atoms with Gasteiger partial charge in [-0.25, -0.2) is 4.98 Å². The van der Waals surface area contributed by atoms with Crippen LogP contribution in [0.2, 0.25) is 0 Å². The molecule has 2 unspecified atom stereocenters. The van der Waals surface area contributed by atoms with Gasteiger partial charge in [-0.1, -0.05) is 6.92 Å². The maximum atomic E-state index is 4.25. The third kappa shape index (κ3) is 2.84. The molecule has 2 saturated heterocycles. The second-order valence-corrected chi connectivity index (χ2v) is 6.23. The number of hydrogen-bond acceptors (Lipinski definition) is 3. The van der Waals surface area contributed by atoms with Crippen molar-refractivity contribution in [1.82, 2.24) is 19.8 Å². The molecule has 2 bridgehead atoms. The van der Waals surface area contributed by atoms with Gasteiger partial charge >= 0.3 is 0 Å². The molecule has 0 saturated carbocycles. The number of aromatic nitrogens is 2. The molecule has 19 heavy (non-hydrogen) atoms. The van der Waals surface area contributed by atoms with E-state index in [1.165, 1.54) is 44.3 Å². The van der Waals surface area contributed by atoms with Crippen LogP contribution in [0.5, 0.6) is 0 Å². The second-order valence-electron chi connectivity index (χ2n) is 6.23. The van der Waals surface area contributed by atoms with Crippen LogP contribution in [0.4, 0.5) is 0 Å². The molecule has 1 N–H and O–H groups in total. The van der Waals surface area contributed by atoms with Crippen molar-refractivity contribution in [1.29, 1.82) is 0 Å². The highest BCUT2D eigenvalue weighted by molar-refractivity contribution is 5.01. The Hall–Kier alpha value is -0.870. The molecule has 3 heterocycles. The Kier molecular flexibility index (Phi) is 3.89. The Morgan fingerprint density at radius 1 is 1.37 bits per heavy atom. The van der Waals surface area contributed by atoms with E-state index in [2.05, 4.69) is 33.7 Å². The molecular weight excluding hydrogens is 236 g/mol. The third-order valence-corrected chi connectivity index (χ3v) is 4.76. The Morgan fingerprint density at radius 3 is 2.68 bits per heavy atom. The van der Waals surface area contributed by atoms with Crippen LogP contribution in [-0.4, -0.2) is 39.1 Å². The zero-order valence-electron chi connectivity index (χ0n) is 12.2. The van der Waals surface area contributed by atoms with Crippen molar-refractivity contribution >= 4 is 0 Å². The van der Waals surface area contributed by atoms with Crippen LogP contribution in [0.3, 0.4) is 0 Å². The molecule has 3 rings (SSSR count). The van der Waals surface area contributed by atoms with E-state index in [9.17, 15) is 0 Å². The van der Waals surface area contributed by atoms with E-state index in [4.69, 9.17) is 0 Å². The molecule has 0 aromatic carbocycles. The molecule has 0 radical (unpaired) electrons. The van der Waals surface area contributed by atoms with Crippen LogP contribution in [0, 0.1) is 0 Å². The number of hydrogen-bond donors (Lipinski definition) is 1. The summed E-state index contributed by atoms with van der Waals surface area (Å²) >= 11 is 0. The van der Waals surface area contributed by atoms with Gasteiger partial charge in [0.1, 0.15) is 0 Å². The van der Waals surface area contributed by atoms with Crippen LogP contribution in [0.15, 0.2) is 12.5 Å². The van der Waals surface area contributed by atoms with Gasteiger partial charge < -0.3 is 9.88 Å². The lowest BCUT2D eigenvalue weighted by atomic mass is 9.97. The van der Waals surface area contributed by atoms with Gasteiger partial charge in [-0.2, -0.15) is 0 Å². The van der Waals surface area contributed by atoms with Crippen LogP contribution in [-0.2, 0) is 13.6 Å². The summed E-state index contributed by atoms with van der Waals surface area (Å²) < 4.78 is 2.15. The van der Waals surface area contributed by atoms with Crippen LogP contribution < -0.4 is 5.32 Å². The molecule has 4 nitrogen and oxygen atoms in total. The fraction of sp³-hybridized carbons (Fsp3) is 0.800. The number of rotatable bonds is 5. The molecule has 2 fully saturated rings. The molecule has 106 valence electrons. The summed E-state index contributed by atoms with van der Waals surface area (Å²) in [4.78, 5) is 6.93. The number of nitrogens with one attached hydrogen (secondary N) is 1. The molecule has 1 aromatic rings. The fourth-order valence-corrected chi connectivity index (χ4v) is 3.75. The summed E-state index contributed by atoms with van der Waals surface area (Å²) in [6.07, 6.45) is 10.6. The quantitative estimate of drug-likeness (QED) is 0.880. The number of fused-ring (bicyclic) bond motifs is 2. The Morgan fingerprint density at radius 2 is 2.11 bits per heavy atom. The zero-order valence-corrected chi connectivity index (χ0v) is 12.2. The lowest BCUT2D eigenvalue weighted by Gasteiger charge is -2.37. The minimum atomic E-state index is 0.758. The highest BCUT2D eigenvalue weighted by Crippen LogP contribution is 2.30. The van der Waals surface area contributed by atoms with E-state index in [0.717, 1.165) is 24.7 Å². The molecule has 0 spiro atoms. The zero-order chi connectivity index (χ0) is 13.2. The van der Waals surface area contributed by atoms with Crippen molar-refractivity contribution in [2.24, 2.45) is 7.05 Å². The molecule has 4 heteroatoms. The van der Waals surface area contributed by atoms with Crippen molar-refractivity contribution in [3.63, 3.8) is 0 Å². The standard InChI is InChI=1S/C15H26N4/c1-3-6-19(10-15-9-16-11-18(15)2)14-7-12-4-5-13(8-14)17-12/h9,11-14,17H,3-8,10H2,1-2H3. The van der Waals surface area contributed by atoms with Crippen molar-refractivity contribution in [2.75, 3.05) is 6.54 Å². The van der Waals surface area contributed by atoms with E-state index in [1.807, 2.05) is 12.5 Å². The highest BCUT2D eigenvalue weighted by atomic mass is 15.2. The minimum absolute atomic E-state index is 0.758. The topological polar surface area (TPSA) is 33.1 Å². The first kappa shape index (κ1) is 13.1. The Balaban J connectivity index is 1.68. The van der Waals surface area contributed by atoms with Crippen LogP contribution in [0.1, 0.15) is 44.7 Å². The van der Waals surface area contributed by atoms with E-state index < -0.39 is 0 Å². The third-order valence-electron chi connectivity index (χ3n) is 4.76. The molecule has 0 amide bonds. The molecule has 2 aliphatic heterocycles. The van der Waals surface area contributed by atoms with Crippen molar-refractivity contribution in [3.8, 4) is 0 Å². The predicted molar refractivity (Wildman–Crippen MR) is 76.9 cm³/mol. The highest BCUT2D eigenvalue weighted by Gasteiger charge is 2.35. The summed E-state index contributed by atoms with van der Waals surface area (Å²) in [6.45, 7) is 4.54. The second kappa shape index (κ2) is 5.63. The van der Waals surface area contributed by atoms with Crippen LogP contribution >= 0.6 is 0 Å². The maximum Gasteiger partial charge on any atom is 0.0945 e. The van der Waals surface area contributed by atoms with Gasteiger partial charge in [-0.15, -0.1) is 0 Å². The largest absolute Gasteiger partial charge is 0.337 e. The maximum absolute atomic E-state index is 4.25. The normalized spacial score (nSPS) is 30.2. The average molecular weight is 262 g/mol. The van der Waals surface area contributed by atoms with Gasteiger partial charge in [0.05, 0.1) is 12.0 Å². The predicted octanol–water partition coefficient (Wildman–Crippen LogP) is 1.92. The molecule has 0 aliphatic carbocycles. The molecular formula is C15H26N4. The first-order valence-corrected chi connectivity index (χ1v) is 7.71. The van der Waals surface area contributed by atoms with Crippen LogP contribution in [0.25, 0.3) is 0 Å². The van der Waals surface area contributed by atoms with E-state index in [1.54, 1.807) is 0 Å². The van der Waals surface area contributed by atoms with E-state index in [0.29, 0.717) is 0 Å². The van der Waals surface area contributed by atoms with Gasteiger partial charge in [0.15, 0.2) is 0 Å². The lowest BCUT2D eigenvalue weighted by molar-refractivity contribution is 0.131. The number of aryl methyl sites for hydroxylation is 1. The summed E-state index contributed by atoms with van der Waals surface area (Å²) in [5.74, 6) is 0. The smallest absolute Gasteiger partial charge is 0.0945 e. The lowest BCUT2D eigenvalue weighted by Crippen LogP contribution is -2.48. The van der Waals surface area contributed by atoms with E-state index >= 15 is 0 Å². The Labute approximate surface area is 116 Å². The number of imidazole rings is 1. The molecule has 1 aromatic heterocycles. The van der Waals surface area contributed by atoms with E-state index in [-0.39, 0.29) is 0 Å². The van der Waals surface area contributed by atoms with Gasteiger partial charge in [0.2, 0.25) is 0 Å². The van der Waals surface area contributed by atoms with Crippen molar-refractivity contribution < 1.29 is 0 Å². The summed E-state index contributed by atoms with van der Waals surface area (Å²) in [5.41, 5.74) is 1.33.